The van der Waals surface area contributed by atoms with Crippen LogP contribution in [0.25, 0.3) is 5.69 Å². The highest BCUT2D eigenvalue weighted by atomic mass is 19.1. The Bertz CT molecular complexity index is 513. The van der Waals surface area contributed by atoms with Gasteiger partial charge in [-0.05, 0) is 29.1 Å². The fourth-order valence-corrected chi connectivity index (χ4v) is 1.51. The van der Waals surface area contributed by atoms with Crippen molar-refractivity contribution in [3.05, 3.63) is 29.8 Å². The van der Waals surface area contributed by atoms with E-state index in [4.69, 9.17) is 10.5 Å². The van der Waals surface area contributed by atoms with Crippen molar-refractivity contribution in [3.63, 3.8) is 0 Å². The van der Waals surface area contributed by atoms with E-state index >= 15 is 0 Å². The molecule has 17 heavy (non-hydrogen) atoms. The zero-order valence-electron chi connectivity index (χ0n) is 9.30. The van der Waals surface area contributed by atoms with Gasteiger partial charge in [-0.25, -0.2) is 4.39 Å². The lowest BCUT2D eigenvalue weighted by Gasteiger charge is -2.09. The Morgan fingerprint density at radius 1 is 1.47 bits per heavy atom. The van der Waals surface area contributed by atoms with E-state index in [1.54, 1.807) is 0 Å². The molecule has 1 heterocycles. The van der Waals surface area contributed by atoms with E-state index in [0.29, 0.717) is 30.2 Å². The maximum absolute atomic E-state index is 13.2. The van der Waals surface area contributed by atoms with Crippen molar-refractivity contribution in [2.45, 2.75) is 6.42 Å². The van der Waals surface area contributed by atoms with Crippen LogP contribution in [-0.2, 0) is 6.42 Å². The molecule has 0 atom stereocenters. The van der Waals surface area contributed by atoms with E-state index in [1.807, 2.05) is 0 Å². The van der Waals surface area contributed by atoms with Crippen LogP contribution in [-0.4, -0.2) is 33.9 Å². The van der Waals surface area contributed by atoms with Crippen molar-refractivity contribution in [2.75, 3.05) is 13.7 Å². The van der Waals surface area contributed by atoms with Crippen molar-refractivity contribution < 1.29 is 9.13 Å². The highest BCUT2D eigenvalue weighted by molar-refractivity contribution is 5.46. The third-order valence-corrected chi connectivity index (χ3v) is 2.27. The van der Waals surface area contributed by atoms with Gasteiger partial charge in [0, 0.05) is 12.5 Å². The fraction of sp³-hybridized carbons (Fsp3) is 0.300. The summed E-state index contributed by atoms with van der Waals surface area (Å²) in [5, 5.41) is 11.2. The van der Waals surface area contributed by atoms with Gasteiger partial charge in [0.05, 0.1) is 7.11 Å². The largest absolute Gasteiger partial charge is 0.494 e. The number of aromatic nitrogens is 4. The number of benzene rings is 1. The van der Waals surface area contributed by atoms with Gasteiger partial charge in [0.1, 0.15) is 17.3 Å². The van der Waals surface area contributed by atoms with E-state index in [2.05, 4.69) is 15.5 Å². The highest BCUT2D eigenvalue weighted by Crippen LogP contribution is 2.23. The average molecular weight is 237 g/mol. The third kappa shape index (κ3) is 2.23. The van der Waals surface area contributed by atoms with Crippen LogP contribution in [0.1, 0.15) is 5.82 Å². The zero-order chi connectivity index (χ0) is 12.3. The highest BCUT2D eigenvalue weighted by Gasteiger charge is 2.13. The van der Waals surface area contributed by atoms with E-state index in [9.17, 15) is 4.39 Å². The van der Waals surface area contributed by atoms with Gasteiger partial charge in [0.2, 0.25) is 0 Å². The molecule has 6 nitrogen and oxygen atoms in total. The summed E-state index contributed by atoms with van der Waals surface area (Å²) in [5.41, 5.74) is 5.91. The smallest absolute Gasteiger partial charge is 0.158 e. The summed E-state index contributed by atoms with van der Waals surface area (Å²) in [5.74, 6) is 0.684. The predicted molar refractivity (Wildman–Crippen MR) is 58.4 cm³/mol. The van der Waals surface area contributed by atoms with Crippen LogP contribution < -0.4 is 10.5 Å². The van der Waals surface area contributed by atoms with Crippen LogP contribution in [0.2, 0.25) is 0 Å². The molecular weight excluding hydrogens is 225 g/mol. The molecule has 0 amide bonds. The first-order valence-electron chi connectivity index (χ1n) is 5.07. The maximum atomic E-state index is 13.2. The van der Waals surface area contributed by atoms with Crippen LogP contribution in [0.3, 0.4) is 0 Å². The Balaban J connectivity index is 2.51. The Labute approximate surface area is 97.2 Å². The summed E-state index contributed by atoms with van der Waals surface area (Å²) in [6.07, 6.45) is 0.507. The minimum atomic E-state index is -0.380. The number of nitrogens with two attached hydrogens (primary N) is 1. The van der Waals surface area contributed by atoms with Crippen LogP contribution in [0, 0.1) is 5.82 Å². The average Bonchev–Trinajstić information content (AvgIpc) is 2.77. The zero-order valence-corrected chi connectivity index (χ0v) is 9.30. The van der Waals surface area contributed by atoms with Gasteiger partial charge in [-0.1, -0.05) is 0 Å². The summed E-state index contributed by atoms with van der Waals surface area (Å²) < 4.78 is 19.8. The van der Waals surface area contributed by atoms with Gasteiger partial charge >= 0.3 is 0 Å². The van der Waals surface area contributed by atoms with Crippen LogP contribution in [0.15, 0.2) is 18.2 Å². The van der Waals surface area contributed by atoms with E-state index in [1.165, 1.54) is 30.0 Å². The molecule has 0 unspecified atom stereocenters. The number of methoxy groups -OCH3 is 1. The molecule has 0 radical (unpaired) electrons. The van der Waals surface area contributed by atoms with Crippen molar-refractivity contribution >= 4 is 0 Å². The summed E-state index contributed by atoms with van der Waals surface area (Å²) >= 11 is 0. The predicted octanol–water partition coefficient (Wildman–Crippen LogP) is 0.311. The van der Waals surface area contributed by atoms with Crippen LogP contribution in [0.5, 0.6) is 5.75 Å². The molecule has 0 aliphatic rings. The number of halogens is 1. The Hall–Kier alpha value is -2.02. The Kier molecular flexibility index (Phi) is 3.29. The van der Waals surface area contributed by atoms with Crippen molar-refractivity contribution in [1.29, 1.82) is 0 Å². The lowest BCUT2D eigenvalue weighted by atomic mass is 10.2. The van der Waals surface area contributed by atoms with Crippen molar-refractivity contribution in [1.82, 2.24) is 20.2 Å². The molecule has 0 aliphatic heterocycles. The molecule has 2 aromatic rings. The monoisotopic (exact) mass is 237 g/mol. The Morgan fingerprint density at radius 3 is 3.00 bits per heavy atom. The van der Waals surface area contributed by atoms with E-state index in [-0.39, 0.29) is 5.82 Å². The quantitative estimate of drug-likeness (QED) is 0.828. The van der Waals surface area contributed by atoms with Crippen molar-refractivity contribution in [2.24, 2.45) is 5.73 Å². The van der Waals surface area contributed by atoms with Gasteiger partial charge in [-0.2, -0.15) is 4.68 Å². The second kappa shape index (κ2) is 4.88. The first-order chi connectivity index (χ1) is 8.26. The summed E-state index contributed by atoms with van der Waals surface area (Å²) in [6.45, 7) is 0.415. The minimum Gasteiger partial charge on any atom is -0.494 e. The number of hydrogen-bond donors (Lipinski definition) is 1. The molecule has 2 N–H and O–H groups in total. The topological polar surface area (TPSA) is 78.8 Å². The van der Waals surface area contributed by atoms with Gasteiger partial charge in [0.25, 0.3) is 0 Å². The molecular formula is C10H12FN5O. The normalized spacial score (nSPS) is 10.5. The fourth-order valence-electron chi connectivity index (χ4n) is 1.51. The van der Waals surface area contributed by atoms with Crippen molar-refractivity contribution in [3.8, 4) is 11.4 Å². The first-order valence-corrected chi connectivity index (χ1v) is 5.07. The summed E-state index contributed by atoms with van der Waals surface area (Å²) in [7, 11) is 1.50. The molecule has 0 spiro atoms. The van der Waals surface area contributed by atoms with E-state index in [0.717, 1.165) is 0 Å². The molecule has 1 aromatic heterocycles. The molecule has 90 valence electrons. The molecule has 0 bridgehead atoms. The number of nitrogens with zero attached hydrogens (tertiary/aromatic N) is 4. The lowest BCUT2D eigenvalue weighted by molar-refractivity contribution is 0.409. The number of ether oxygens (including phenoxy) is 1. The first kappa shape index (κ1) is 11.5. The number of tetrazole rings is 1. The maximum Gasteiger partial charge on any atom is 0.158 e. The second-order valence-corrected chi connectivity index (χ2v) is 3.36. The SMILES string of the molecule is COc1ccc(F)cc1-n1nnnc1CCN. The molecule has 0 fully saturated rings. The van der Waals surface area contributed by atoms with Gasteiger partial charge in [0.15, 0.2) is 5.82 Å². The Morgan fingerprint density at radius 2 is 2.29 bits per heavy atom. The second-order valence-electron chi connectivity index (χ2n) is 3.36. The lowest BCUT2D eigenvalue weighted by Crippen LogP contribution is -2.10. The molecule has 0 aliphatic carbocycles. The number of rotatable bonds is 4. The van der Waals surface area contributed by atoms with Crippen LogP contribution >= 0.6 is 0 Å². The molecule has 0 saturated heterocycles. The third-order valence-electron chi connectivity index (χ3n) is 2.27. The van der Waals surface area contributed by atoms with E-state index < -0.39 is 0 Å². The van der Waals surface area contributed by atoms with Gasteiger partial charge < -0.3 is 10.5 Å². The molecule has 0 saturated carbocycles. The summed E-state index contributed by atoms with van der Waals surface area (Å²) in [4.78, 5) is 0. The molecule has 7 heteroatoms. The van der Waals surface area contributed by atoms with Gasteiger partial charge in [-0.15, -0.1) is 5.10 Å². The standard InChI is InChI=1S/C10H12FN5O/c1-17-9-3-2-7(11)6-8(9)16-10(4-5-12)13-14-15-16/h2-3,6H,4-5,12H2,1H3. The molecule has 2 rings (SSSR count). The molecule has 1 aromatic carbocycles. The number of hydrogen-bond acceptors (Lipinski definition) is 5. The minimum absolute atomic E-state index is 0.380. The van der Waals surface area contributed by atoms with Crippen LogP contribution in [0.4, 0.5) is 4.39 Å². The summed E-state index contributed by atoms with van der Waals surface area (Å²) in [6, 6.07) is 4.16. The van der Waals surface area contributed by atoms with Gasteiger partial charge in [-0.3, -0.25) is 0 Å².